The summed E-state index contributed by atoms with van der Waals surface area (Å²) in [5.41, 5.74) is 3.57. The van der Waals surface area contributed by atoms with Gasteiger partial charge in [-0.25, -0.2) is 9.37 Å². The molecule has 0 saturated heterocycles. The lowest BCUT2D eigenvalue weighted by molar-refractivity contribution is 0.488. The molecule has 3 aromatic rings. The smallest absolute Gasteiger partial charge is 0.202 e. The number of nitrogens with one attached hydrogen (secondary N) is 2. The number of anilines is 2. The van der Waals surface area contributed by atoms with Gasteiger partial charge in [0.25, 0.3) is 0 Å². The summed E-state index contributed by atoms with van der Waals surface area (Å²) < 4.78 is 18.9. The Morgan fingerprint density at radius 3 is 2.92 bits per heavy atom. The van der Waals surface area contributed by atoms with Crippen molar-refractivity contribution in [2.24, 2.45) is 0 Å². The Labute approximate surface area is 155 Å². The SMILES string of the molecule is Fc1cccc(Oc2cnc(Nc3cccc(C4=CCNCC4)c3)s2)c1. The van der Waals surface area contributed by atoms with Gasteiger partial charge in [-0.15, -0.1) is 0 Å². The maximum absolute atomic E-state index is 13.2. The minimum absolute atomic E-state index is 0.325. The standard InChI is InChI=1S/C20H18FN3OS/c21-16-4-2-6-18(12-16)25-19-13-23-20(26-19)24-17-5-1-3-15(11-17)14-7-9-22-10-8-14/h1-7,11-13,22H,8-10H2,(H,23,24). The maximum Gasteiger partial charge on any atom is 0.202 e. The third-order valence-corrected chi connectivity index (χ3v) is 4.84. The van der Waals surface area contributed by atoms with Crippen LogP contribution in [0.5, 0.6) is 10.8 Å². The van der Waals surface area contributed by atoms with Crippen LogP contribution in [-0.2, 0) is 0 Å². The molecule has 2 aromatic carbocycles. The van der Waals surface area contributed by atoms with Crippen LogP contribution in [0, 0.1) is 5.82 Å². The lowest BCUT2D eigenvalue weighted by Crippen LogP contribution is -2.20. The molecule has 0 aliphatic carbocycles. The highest BCUT2D eigenvalue weighted by molar-refractivity contribution is 7.17. The first-order valence-electron chi connectivity index (χ1n) is 8.43. The number of halogens is 1. The van der Waals surface area contributed by atoms with Gasteiger partial charge >= 0.3 is 0 Å². The molecule has 132 valence electrons. The van der Waals surface area contributed by atoms with Gasteiger partial charge in [0.05, 0.1) is 6.20 Å². The first-order chi connectivity index (χ1) is 12.8. The van der Waals surface area contributed by atoms with Crippen molar-refractivity contribution < 1.29 is 9.13 Å². The van der Waals surface area contributed by atoms with Crippen LogP contribution in [0.2, 0.25) is 0 Å². The lowest BCUT2D eigenvalue weighted by atomic mass is 10.00. The van der Waals surface area contributed by atoms with Gasteiger partial charge < -0.3 is 15.4 Å². The van der Waals surface area contributed by atoms with Gasteiger partial charge in [0.1, 0.15) is 11.6 Å². The molecular weight excluding hydrogens is 349 g/mol. The average molecular weight is 367 g/mol. The highest BCUT2D eigenvalue weighted by Crippen LogP contribution is 2.32. The van der Waals surface area contributed by atoms with E-state index in [-0.39, 0.29) is 5.82 Å². The fraction of sp³-hybridized carbons (Fsp3) is 0.150. The summed E-state index contributed by atoms with van der Waals surface area (Å²) in [6, 6.07) is 14.4. The fourth-order valence-electron chi connectivity index (χ4n) is 2.82. The minimum Gasteiger partial charge on any atom is -0.445 e. The third kappa shape index (κ3) is 4.09. The molecule has 0 atom stereocenters. The number of hydrogen-bond donors (Lipinski definition) is 2. The highest BCUT2D eigenvalue weighted by Gasteiger charge is 2.08. The van der Waals surface area contributed by atoms with E-state index in [1.807, 2.05) is 12.1 Å². The maximum atomic E-state index is 13.2. The van der Waals surface area contributed by atoms with E-state index in [9.17, 15) is 4.39 Å². The Kier molecular flexibility index (Phi) is 4.95. The van der Waals surface area contributed by atoms with E-state index in [2.05, 4.69) is 33.8 Å². The molecule has 2 N–H and O–H groups in total. The first-order valence-corrected chi connectivity index (χ1v) is 9.24. The van der Waals surface area contributed by atoms with E-state index >= 15 is 0 Å². The van der Waals surface area contributed by atoms with E-state index in [4.69, 9.17) is 4.74 Å². The zero-order valence-corrected chi connectivity index (χ0v) is 14.9. The molecule has 1 aliphatic heterocycles. The van der Waals surface area contributed by atoms with Crippen LogP contribution in [0.25, 0.3) is 5.57 Å². The van der Waals surface area contributed by atoms with E-state index < -0.39 is 0 Å². The van der Waals surface area contributed by atoms with Crippen LogP contribution in [-0.4, -0.2) is 18.1 Å². The van der Waals surface area contributed by atoms with Crippen LogP contribution < -0.4 is 15.4 Å². The number of nitrogens with zero attached hydrogens (tertiary/aromatic N) is 1. The summed E-state index contributed by atoms with van der Waals surface area (Å²) in [5.74, 6) is 0.134. The fourth-order valence-corrected chi connectivity index (χ4v) is 3.52. The Balaban J connectivity index is 1.46. The van der Waals surface area contributed by atoms with Crippen molar-refractivity contribution in [3.8, 4) is 10.8 Å². The monoisotopic (exact) mass is 367 g/mol. The van der Waals surface area contributed by atoms with Gasteiger partial charge in [-0.1, -0.05) is 35.6 Å². The topological polar surface area (TPSA) is 46.2 Å². The molecule has 0 fully saturated rings. The lowest BCUT2D eigenvalue weighted by Gasteiger charge is -2.15. The molecule has 4 nitrogen and oxygen atoms in total. The van der Waals surface area contributed by atoms with Crippen LogP contribution >= 0.6 is 11.3 Å². The van der Waals surface area contributed by atoms with Crippen LogP contribution in [0.4, 0.5) is 15.2 Å². The molecule has 2 heterocycles. The van der Waals surface area contributed by atoms with E-state index in [1.54, 1.807) is 18.3 Å². The molecule has 0 bridgehead atoms. The van der Waals surface area contributed by atoms with E-state index in [1.165, 1.54) is 34.6 Å². The second kappa shape index (κ2) is 7.68. The molecule has 0 radical (unpaired) electrons. The first kappa shape index (κ1) is 16.8. The predicted molar refractivity (Wildman–Crippen MR) is 104 cm³/mol. The van der Waals surface area contributed by atoms with Crippen molar-refractivity contribution in [1.82, 2.24) is 10.3 Å². The van der Waals surface area contributed by atoms with Crippen molar-refractivity contribution in [3.63, 3.8) is 0 Å². The summed E-state index contributed by atoms with van der Waals surface area (Å²) in [5, 5.41) is 7.98. The summed E-state index contributed by atoms with van der Waals surface area (Å²) in [7, 11) is 0. The van der Waals surface area contributed by atoms with Gasteiger partial charge in [0, 0.05) is 18.3 Å². The number of benzene rings is 2. The van der Waals surface area contributed by atoms with Gasteiger partial charge in [-0.2, -0.15) is 0 Å². The molecule has 6 heteroatoms. The Morgan fingerprint density at radius 2 is 2.08 bits per heavy atom. The summed E-state index contributed by atoms with van der Waals surface area (Å²) in [4.78, 5) is 4.34. The highest BCUT2D eigenvalue weighted by atomic mass is 32.1. The zero-order chi connectivity index (χ0) is 17.8. The van der Waals surface area contributed by atoms with Gasteiger partial charge in [0.15, 0.2) is 5.13 Å². The number of thiazole rings is 1. The normalized spacial score (nSPS) is 14.0. The summed E-state index contributed by atoms with van der Waals surface area (Å²) in [6.07, 6.45) is 4.90. The molecule has 1 aromatic heterocycles. The molecule has 0 spiro atoms. The minimum atomic E-state index is -0.325. The Bertz CT molecular complexity index is 938. The molecule has 0 saturated carbocycles. The number of rotatable bonds is 5. The molecule has 1 aliphatic rings. The van der Waals surface area contributed by atoms with Crippen molar-refractivity contribution in [3.05, 3.63) is 72.2 Å². The molecule has 0 unspecified atom stereocenters. The van der Waals surface area contributed by atoms with Gasteiger partial charge in [-0.05, 0) is 48.4 Å². The Hall–Kier alpha value is -2.70. The molecule has 26 heavy (non-hydrogen) atoms. The van der Waals surface area contributed by atoms with Crippen molar-refractivity contribution >= 4 is 27.7 Å². The largest absolute Gasteiger partial charge is 0.445 e. The van der Waals surface area contributed by atoms with Crippen molar-refractivity contribution in [1.29, 1.82) is 0 Å². The van der Waals surface area contributed by atoms with Crippen molar-refractivity contribution in [2.45, 2.75) is 6.42 Å². The quantitative estimate of drug-likeness (QED) is 0.651. The molecule has 4 rings (SSSR count). The predicted octanol–water partition coefficient (Wildman–Crippen LogP) is 5.19. The van der Waals surface area contributed by atoms with Gasteiger partial charge in [0.2, 0.25) is 5.06 Å². The molecule has 0 amide bonds. The zero-order valence-electron chi connectivity index (χ0n) is 14.0. The van der Waals surface area contributed by atoms with E-state index in [0.29, 0.717) is 10.8 Å². The van der Waals surface area contributed by atoms with Crippen LogP contribution in [0.1, 0.15) is 12.0 Å². The second-order valence-corrected chi connectivity index (χ2v) is 6.93. The van der Waals surface area contributed by atoms with Crippen LogP contribution in [0.3, 0.4) is 0 Å². The molecular formula is C20H18FN3OS. The van der Waals surface area contributed by atoms with Crippen molar-refractivity contribution in [2.75, 3.05) is 18.4 Å². The third-order valence-electron chi connectivity index (χ3n) is 4.05. The number of ether oxygens (including phenoxy) is 1. The summed E-state index contributed by atoms with van der Waals surface area (Å²) in [6.45, 7) is 1.93. The van der Waals surface area contributed by atoms with Gasteiger partial charge in [-0.3, -0.25) is 0 Å². The Morgan fingerprint density at radius 1 is 1.15 bits per heavy atom. The average Bonchev–Trinajstić information content (AvgIpc) is 3.09. The number of aromatic nitrogens is 1. The van der Waals surface area contributed by atoms with Crippen LogP contribution in [0.15, 0.2) is 60.8 Å². The summed E-state index contributed by atoms with van der Waals surface area (Å²) >= 11 is 1.38. The second-order valence-electron chi connectivity index (χ2n) is 5.93. The number of hydrogen-bond acceptors (Lipinski definition) is 5. The van der Waals surface area contributed by atoms with E-state index in [0.717, 1.165) is 30.3 Å².